The normalized spacial score (nSPS) is 32.9. The fourth-order valence-electron chi connectivity index (χ4n) is 5.04. The number of carbonyl (C=O) groups is 1. The average molecular weight is 351 g/mol. The largest absolute Gasteiger partial charge is 0.373 e. The van der Waals surface area contributed by atoms with Gasteiger partial charge >= 0.3 is 0 Å². The number of rotatable bonds is 4. The molecule has 0 aromatic heterocycles. The Morgan fingerprint density at radius 2 is 1.88 bits per heavy atom. The lowest BCUT2D eigenvalue weighted by molar-refractivity contribution is -0.170. The van der Waals surface area contributed by atoms with Gasteiger partial charge in [0, 0.05) is 43.6 Å². The molecule has 0 spiro atoms. The highest BCUT2D eigenvalue weighted by Crippen LogP contribution is 2.52. The van der Waals surface area contributed by atoms with Crippen LogP contribution in [0.5, 0.6) is 0 Å². The first-order chi connectivity index (χ1) is 11.1. The summed E-state index contributed by atoms with van der Waals surface area (Å²) < 4.78 is 6.24. The molecule has 0 radical (unpaired) electrons. The van der Waals surface area contributed by atoms with Gasteiger partial charge in [-0.15, -0.1) is 12.4 Å². The Morgan fingerprint density at radius 1 is 1.21 bits per heavy atom. The van der Waals surface area contributed by atoms with E-state index in [1.54, 1.807) is 6.07 Å². The zero-order valence-electron chi connectivity index (χ0n) is 14.2. The number of benzene rings is 1. The molecule has 4 nitrogen and oxygen atoms in total. The summed E-state index contributed by atoms with van der Waals surface area (Å²) in [5.74, 6) is 0.645. The third kappa shape index (κ3) is 2.75. The molecular formula is C19H27ClN2O2. The second kappa shape index (κ2) is 6.66. The topological polar surface area (TPSA) is 55.6 Å². The van der Waals surface area contributed by atoms with E-state index in [9.17, 15) is 4.79 Å². The van der Waals surface area contributed by atoms with Crippen molar-refractivity contribution >= 4 is 18.3 Å². The zero-order valence-corrected chi connectivity index (χ0v) is 15.1. The van der Waals surface area contributed by atoms with Crippen molar-refractivity contribution in [3.8, 4) is 0 Å². The van der Waals surface area contributed by atoms with Crippen LogP contribution in [-0.4, -0.2) is 37.0 Å². The molecule has 2 N–H and O–H groups in total. The number of primary amides is 1. The number of amides is 1. The van der Waals surface area contributed by atoms with Crippen molar-refractivity contribution in [3.05, 3.63) is 35.4 Å². The van der Waals surface area contributed by atoms with E-state index >= 15 is 0 Å². The van der Waals surface area contributed by atoms with E-state index < -0.39 is 0 Å². The fraction of sp³-hybridized carbons (Fsp3) is 0.632. The number of carbonyl (C=O) groups excluding carboxylic acids is 1. The standard InChI is InChI=1S/C19H26N2O2.ClH/c1-23-19(14-5-2-4-13(10-14)18(20)22)15-6-3-7-16(19)12-21(11-15)17-8-9-17;/h2,4-5,10,15-17H,3,6-9,11-12H2,1H3,(H2,20,22);1H. The average Bonchev–Trinajstić information content (AvgIpc) is 3.38. The second-order valence-electron chi connectivity index (χ2n) is 7.45. The van der Waals surface area contributed by atoms with Crippen LogP contribution in [0, 0.1) is 11.8 Å². The number of nitrogens with zero attached hydrogens (tertiary/aromatic N) is 1. The van der Waals surface area contributed by atoms with Gasteiger partial charge in [-0.3, -0.25) is 9.69 Å². The van der Waals surface area contributed by atoms with E-state index in [1.807, 2.05) is 19.2 Å². The molecular weight excluding hydrogens is 324 g/mol. The van der Waals surface area contributed by atoms with Gasteiger partial charge in [0.1, 0.15) is 5.60 Å². The van der Waals surface area contributed by atoms with E-state index in [0.717, 1.165) is 24.7 Å². The molecule has 1 saturated heterocycles. The lowest BCUT2D eigenvalue weighted by Crippen LogP contribution is -2.59. The number of hydrogen-bond acceptors (Lipinski definition) is 3. The molecule has 132 valence electrons. The summed E-state index contributed by atoms with van der Waals surface area (Å²) in [7, 11) is 1.84. The molecule has 2 unspecified atom stereocenters. The van der Waals surface area contributed by atoms with Crippen molar-refractivity contribution in [2.24, 2.45) is 17.6 Å². The van der Waals surface area contributed by atoms with E-state index in [-0.39, 0.29) is 23.9 Å². The van der Waals surface area contributed by atoms with E-state index in [4.69, 9.17) is 10.5 Å². The molecule has 5 heteroatoms. The van der Waals surface area contributed by atoms with E-state index in [2.05, 4.69) is 11.0 Å². The van der Waals surface area contributed by atoms with Crippen LogP contribution in [0.25, 0.3) is 0 Å². The maximum absolute atomic E-state index is 11.6. The van der Waals surface area contributed by atoms with Gasteiger partial charge in [-0.05, 0) is 43.4 Å². The minimum Gasteiger partial charge on any atom is -0.373 e. The van der Waals surface area contributed by atoms with Crippen molar-refractivity contribution in [2.75, 3.05) is 20.2 Å². The predicted molar refractivity (Wildman–Crippen MR) is 96.3 cm³/mol. The number of ether oxygens (including phenoxy) is 1. The van der Waals surface area contributed by atoms with Crippen LogP contribution in [0.1, 0.15) is 48.0 Å². The van der Waals surface area contributed by atoms with Crippen molar-refractivity contribution in [3.63, 3.8) is 0 Å². The van der Waals surface area contributed by atoms with Crippen molar-refractivity contribution in [1.82, 2.24) is 4.90 Å². The maximum atomic E-state index is 11.6. The summed E-state index contributed by atoms with van der Waals surface area (Å²) in [4.78, 5) is 14.3. The van der Waals surface area contributed by atoms with Gasteiger partial charge in [0.2, 0.25) is 5.91 Å². The summed E-state index contributed by atoms with van der Waals surface area (Å²) >= 11 is 0. The first-order valence-corrected chi connectivity index (χ1v) is 8.84. The summed E-state index contributed by atoms with van der Waals surface area (Å²) in [6.45, 7) is 2.24. The Bertz CT molecular complexity index is 603. The molecule has 2 saturated carbocycles. The first kappa shape index (κ1) is 17.7. The van der Waals surface area contributed by atoms with Gasteiger partial charge in [0.15, 0.2) is 0 Å². The van der Waals surface area contributed by atoms with Crippen LogP contribution < -0.4 is 5.73 Å². The number of halogens is 1. The molecule has 1 aromatic carbocycles. The molecule has 2 bridgehead atoms. The molecule has 3 aliphatic rings. The summed E-state index contributed by atoms with van der Waals surface area (Å²) in [5.41, 5.74) is 6.96. The third-order valence-electron chi connectivity index (χ3n) is 6.23. The molecule has 1 aromatic rings. The fourth-order valence-corrected chi connectivity index (χ4v) is 5.04. The Labute approximate surface area is 150 Å². The van der Waals surface area contributed by atoms with Gasteiger partial charge in [-0.2, -0.15) is 0 Å². The van der Waals surface area contributed by atoms with Crippen molar-refractivity contribution in [2.45, 2.75) is 43.7 Å². The quantitative estimate of drug-likeness (QED) is 0.908. The summed E-state index contributed by atoms with van der Waals surface area (Å²) in [6.07, 6.45) is 6.41. The molecule has 2 aliphatic carbocycles. The maximum Gasteiger partial charge on any atom is 0.248 e. The van der Waals surface area contributed by atoms with Crippen molar-refractivity contribution in [1.29, 1.82) is 0 Å². The van der Waals surface area contributed by atoms with Gasteiger partial charge in [-0.1, -0.05) is 18.6 Å². The minimum absolute atomic E-state index is 0. The van der Waals surface area contributed by atoms with Crippen LogP contribution in [0.4, 0.5) is 0 Å². The molecule has 24 heavy (non-hydrogen) atoms. The second-order valence-corrected chi connectivity index (χ2v) is 7.45. The number of nitrogens with two attached hydrogens (primary N) is 1. The molecule has 1 heterocycles. The van der Waals surface area contributed by atoms with Crippen LogP contribution in [0.2, 0.25) is 0 Å². The lowest BCUT2D eigenvalue weighted by Gasteiger charge is -2.55. The molecule has 4 rings (SSSR count). The van der Waals surface area contributed by atoms with E-state index in [0.29, 0.717) is 17.4 Å². The number of hydrogen-bond donors (Lipinski definition) is 1. The molecule has 3 fully saturated rings. The Hall–Kier alpha value is -1.10. The monoisotopic (exact) mass is 350 g/mol. The zero-order chi connectivity index (χ0) is 16.0. The molecule has 2 atom stereocenters. The van der Waals surface area contributed by atoms with Crippen LogP contribution in [0.3, 0.4) is 0 Å². The minimum atomic E-state index is -0.362. The number of piperidine rings is 1. The van der Waals surface area contributed by atoms with Gasteiger partial charge in [0.25, 0.3) is 0 Å². The highest BCUT2D eigenvalue weighted by molar-refractivity contribution is 5.92. The molecule has 1 aliphatic heterocycles. The Kier molecular flexibility index (Phi) is 4.92. The number of fused-ring (bicyclic) bond motifs is 2. The highest BCUT2D eigenvalue weighted by atomic mass is 35.5. The third-order valence-corrected chi connectivity index (χ3v) is 6.23. The van der Waals surface area contributed by atoms with E-state index in [1.165, 1.54) is 32.1 Å². The summed E-state index contributed by atoms with van der Waals surface area (Å²) in [5, 5.41) is 0. The van der Waals surface area contributed by atoms with Gasteiger partial charge in [-0.25, -0.2) is 0 Å². The SMILES string of the molecule is COC1(c2cccc(C(N)=O)c2)C2CCCC1CN(C1CC1)C2.Cl. The van der Waals surface area contributed by atoms with Gasteiger partial charge in [0.05, 0.1) is 0 Å². The van der Waals surface area contributed by atoms with Crippen LogP contribution in [0.15, 0.2) is 24.3 Å². The Balaban J connectivity index is 0.00000169. The number of likely N-dealkylation sites (tertiary alicyclic amines) is 1. The summed E-state index contributed by atoms with van der Waals surface area (Å²) in [6, 6.07) is 8.63. The van der Waals surface area contributed by atoms with Crippen LogP contribution in [-0.2, 0) is 10.3 Å². The molecule has 1 amide bonds. The predicted octanol–water partition coefficient (Wildman–Crippen LogP) is 2.94. The number of methoxy groups -OCH3 is 1. The Morgan fingerprint density at radius 3 is 2.42 bits per heavy atom. The highest BCUT2D eigenvalue weighted by Gasteiger charge is 2.54. The van der Waals surface area contributed by atoms with Crippen molar-refractivity contribution < 1.29 is 9.53 Å². The lowest BCUT2D eigenvalue weighted by atomic mass is 9.62. The van der Waals surface area contributed by atoms with Crippen LogP contribution >= 0.6 is 12.4 Å². The smallest absolute Gasteiger partial charge is 0.248 e. The first-order valence-electron chi connectivity index (χ1n) is 8.84. The van der Waals surface area contributed by atoms with Gasteiger partial charge < -0.3 is 10.5 Å².